The fraction of sp³-hybridized carbons (Fsp3) is 1.00. The maximum absolute atomic E-state index is 5.46. The molecule has 2 aliphatic carbocycles. The van der Waals surface area contributed by atoms with E-state index in [0.29, 0.717) is 0 Å². The van der Waals surface area contributed by atoms with Gasteiger partial charge in [-0.05, 0) is 50.0 Å². The molecule has 2 rings (SSSR count). The van der Waals surface area contributed by atoms with Crippen molar-refractivity contribution < 1.29 is 0 Å². The lowest BCUT2D eigenvalue weighted by molar-refractivity contribution is -0.0305. The molecule has 0 aliphatic heterocycles. The summed E-state index contributed by atoms with van der Waals surface area (Å²) in [7, 11) is 0. The zero-order chi connectivity index (χ0) is 9.10. The van der Waals surface area contributed by atoms with Gasteiger partial charge >= 0.3 is 0 Å². The van der Waals surface area contributed by atoms with E-state index in [4.69, 9.17) is 5.73 Å². The lowest BCUT2D eigenvalue weighted by Gasteiger charge is -2.53. The number of unbranched alkanes of at least 4 members (excludes halogenated alkanes) is 3. The molecule has 1 nitrogen and oxygen atoms in total. The Balaban J connectivity index is 1.45. The molecule has 0 heterocycles. The second-order valence-corrected chi connectivity index (χ2v) is 4.99. The van der Waals surface area contributed by atoms with Crippen molar-refractivity contribution in [1.82, 2.24) is 0 Å². The van der Waals surface area contributed by atoms with Crippen molar-refractivity contribution in [2.75, 3.05) is 6.54 Å². The van der Waals surface area contributed by atoms with Crippen LogP contribution in [0.5, 0.6) is 0 Å². The Bertz CT molecular complexity index is 155. The van der Waals surface area contributed by atoms with Crippen LogP contribution in [0.25, 0.3) is 0 Å². The van der Waals surface area contributed by atoms with Crippen molar-refractivity contribution >= 4 is 0 Å². The molecule has 1 heteroatoms. The molecule has 2 fully saturated rings. The summed E-state index contributed by atoms with van der Waals surface area (Å²) in [5, 5.41) is 0. The molecular formula is C12H23N. The smallest absolute Gasteiger partial charge is 0.00773 e. The molecule has 0 aromatic heterocycles. The van der Waals surface area contributed by atoms with E-state index in [0.717, 1.165) is 12.5 Å². The van der Waals surface area contributed by atoms with E-state index in [2.05, 4.69) is 0 Å². The van der Waals surface area contributed by atoms with Gasteiger partial charge < -0.3 is 5.73 Å². The van der Waals surface area contributed by atoms with E-state index in [1.54, 1.807) is 19.3 Å². The van der Waals surface area contributed by atoms with Crippen molar-refractivity contribution in [2.45, 2.75) is 51.4 Å². The summed E-state index contributed by atoms with van der Waals surface area (Å²) in [5.74, 6) is 3.49. The summed E-state index contributed by atoms with van der Waals surface area (Å²) in [6.07, 6.45) is 11.7. The summed E-state index contributed by atoms with van der Waals surface area (Å²) in [5.41, 5.74) is 5.46. The third-order valence-electron chi connectivity index (χ3n) is 4.22. The third-order valence-corrected chi connectivity index (χ3v) is 4.22. The van der Waals surface area contributed by atoms with Gasteiger partial charge in [0.05, 0.1) is 0 Å². The molecule has 2 N–H and O–H groups in total. The van der Waals surface area contributed by atoms with Gasteiger partial charge in [-0.25, -0.2) is 0 Å². The summed E-state index contributed by atoms with van der Waals surface area (Å²) in [6, 6.07) is 0. The van der Waals surface area contributed by atoms with Crippen molar-refractivity contribution in [3.05, 3.63) is 0 Å². The van der Waals surface area contributed by atoms with Gasteiger partial charge in [-0.2, -0.15) is 0 Å². The lowest BCUT2D eigenvalue weighted by atomic mass is 9.52. The van der Waals surface area contributed by atoms with E-state index in [1.807, 2.05) is 0 Å². The van der Waals surface area contributed by atoms with Crippen LogP contribution in [-0.2, 0) is 0 Å². The van der Waals surface area contributed by atoms with Crippen LogP contribution in [0.4, 0.5) is 0 Å². The Morgan fingerprint density at radius 3 is 2.38 bits per heavy atom. The van der Waals surface area contributed by atoms with Gasteiger partial charge in [0.15, 0.2) is 0 Å². The van der Waals surface area contributed by atoms with Crippen LogP contribution in [-0.4, -0.2) is 6.54 Å². The first kappa shape index (κ1) is 9.51. The summed E-state index contributed by atoms with van der Waals surface area (Å²) >= 11 is 0. The van der Waals surface area contributed by atoms with E-state index in [-0.39, 0.29) is 0 Å². The lowest BCUT2D eigenvalue weighted by Crippen LogP contribution is -2.44. The highest BCUT2D eigenvalue weighted by atomic mass is 14.5. The maximum Gasteiger partial charge on any atom is -0.00773 e. The molecule has 13 heavy (non-hydrogen) atoms. The molecule has 0 saturated heterocycles. The van der Waals surface area contributed by atoms with Gasteiger partial charge in [-0.15, -0.1) is 0 Å². The van der Waals surface area contributed by atoms with E-state index < -0.39 is 0 Å². The van der Waals surface area contributed by atoms with Gasteiger partial charge in [-0.1, -0.05) is 25.7 Å². The van der Waals surface area contributed by atoms with Crippen molar-refractivity contribution in [3.63, 3.8) is 0 Å². The first-order valence-electron chi connectivity index (χ1n) is 6.12. The number of hydrogen-bond acceptors (Lipinski definition) is 1. The topological polar surface area (TPSA) is 26.0 Å². The van der Waals surface area contributed by atoms with Crippen LogP contribution in [0.3, 0.4) is 0 Å². The maximum atomic E-state index is 5.46. The van der Waals surface area contributed by atoms with Crippen LogP contribution in [0.1, 0.15) is 51.4 Å². The van der Waals surface area contributed by atoms with E-state index in [1.165, 1.54) is 43.9 Å². The largest absolute Gasteiger partial charge is 0.330 e. The zero-order valence-electron chi connectivity index (χ0n) is 8.67. The molecule has 0 amide bonds. The molecular weight excluding hydrogens is 158 g/mol. The first-order valence-corrected chi connectivity index (χ1v) is 6.12. The summed E-state index contributed by atoms with van der Waals surface area (Å²) in [4.78, 5) is 0. The molecule has 3 atom stereocenters. The predicted octanol–water partition coefficient (Wildman–Crippen LogP) is 2.94. The molecule has 2 saturated carbocycles. The van der Waals surface area contributed by atoms with Crippen LogP contribution in [0, 0.1) is 17.8 Å². The quantitative estimate of drug-likeness (QED) is 0.626. The monoisotopic (exact) mass is 181 g/mol. The second-order valence-electron chi connectivity index (χ2n) is 4.99. The van der Waals surface area contributed by atoms with Gasteiger partial charge in [0, 0.05) is 0 Å². The molecule has 2 aliphatic rings. The Kier molecular flexibility index (Phi) is 3.26. The second kappa shape index (κ2) is 4.45. The highest BCUT2D eigenvalue weighted by molar-refractivity contribution is 4.96. The van der Waals surface area contributed by atoms with Crippen LogP contribution in [0.2, 0.25) is 0 Å². The van der Waals surface area contributed by atoms with E-state index in [9.17, 15) is 0 Å². The van der Waals surface area contributed by atoms with Crippen LogP contribution in [0.15, 0.2) is 0 Å². The fourth-order valence-electron chi connectivity index (χ4n) is 3.11. The minimum atomic E-state index is 0.883. The molecule has 76 valence electrons. The molecule has 0 spiro atoms. The normalized spacial score (nSPS) is 36.2. The van der Waals surface area contributed by atoms with Gasteiger partial charge in [-0.3, -0.25) is 0 Å². The summed E-state index contributed by atoms with van der Waals surface area (Å²) in [6.45, 7) is 0.883. The zero-order valence-corrected chi connectivity index (χ0v) is 8.67. The molecule has 3 unspecified atom stereocenters. The van der Waals surface area contributed by atoms with Crippen molar-refractivity contribution in [2.24, 2.45) is 23.5 Å². The molecule has 0 aromatic rings. The fourth-order valence-corrected chi connectivity index (χ4v) is 3.11. The number of nitrogens with two attached hydrogens (primary N) is 1. The molecule has 0 bridgehead atoms. The Hall–Kier alpha value is -0.0400. The molecule has 0 aromatic carbocycles. The molecule has 0 radical (unpaired) electrons. The minimum absolute atomic E-state index is 0.883. The van der Waals surface area contributed by atoms with Crippen molar-refractivity contribution in [3.8, 4) is 0 Å². The predicted molar refractivity (Wildman–Crippen MR) is 56.5 cm³/mol. The number of hydrogen-bond donors (Lipinski definition) is 1. The Morgan fingerprint density at radius 1 is 1.00 bits per heavy atom. The Labute approximate surface area is 82.1 Å². The van der Waals surface area contributed by atoms with Gasteiger partial charge in [0.1, 0.15) is 0 Å². The third kappa shape index (κ3) is 2.07. The highest BCUT2D eigenvalue weighted by Gasteiger charge is 2.45. The van der Waals surface area contributed by atoms with Gasteiger partial charge in [0.25, 0.3) is 0 Å². The average molecular weight is 181 g/mol. The SMILES string of the molecule is NCCCCCCC1CC2CCC12. The van der Waals surface area contributed by atoms with Crippen LogP contribution < -0.4 is 5.73 Å². The van der Waals surface area contributed by atoms with Crippen LogP contribution >= 0.6 is 0 Å². The van der Waals surface area contributed by atoms with Gasteiger partial charge in [0.2, 0.25) is 0 Å². The number of fused-ring (bicyclic) bond motifs is 1. The van der Waals surface area contributed by atoms with Crippen molar-refractivity contribution in [1.29, 1.82) is 0 Å². The average Bonchev–Trinajstić information content (AvgIpc) is 2.11. The highest BCUT2D eigenvalue weighted by Crippen LogP contribution is 2.55. The first-order chi connectivity index (χ1) is 6.42. The van der Waals surface area contributed by atoms with E-state index >= 15 is 0 Å². The minimum Gasteiger partial charge on any atom is -0.330 e. The standard InChI is InChI=1S/C12H23N/c13-8-4-2-1-3-5-10-9-11-6-7-12(10)11/h10-12H,1-9,13H2. The number of rotatable bonds is 6. The Morgan fingerprint density at radius 2 is 1.85 bits per heavy atom. The summed E-state index contributed by atoms with van der Waals surface area (Å²) < 4.78 is 0.